The minimum absolute atomic E-state index is 0.0709. The van der Waals surface area contributed by atoms with Gasteiger partial charge >= 0.3 is 0 Å². The Labute approximate surface area is 155 Å². The molecule has 1 N–H and O–H groups in total. The number of hydrogen-bond donors (Lipinski definition) is 1. The second kappa shape index (κ2) is 9.69. The number of hydrogen-bond acceptors (Lipinski definition) is 4. The van der Waals surface area contributed by atoms with Crippen molar-refractivity contribution in [3.63, 3.8) is 0 Å². The van der Waals surface area contributed by atoms with Crippen LogP contribution in [0.3, 0.4) is 0 Å². The molecule has 0 aliphatic carbocycles. The summed E-state index contributed by atoms with van der Waals surface area (Å²) in [6.07, 6.45) is 5.82. The first-order chi connectivity index (χ1) is 12.0. The van der Waals surface area contributed by atoms with E-state index in [-0.39, 0.29) is 11.8 Å². The topological polar surface area (TPSA) is 66.5 Å². The molecule has 1 fully saturated rings. The summed E-state index contributed by atoms with van der Waals surface area (Å²) in [5.41, 5.74) is 0. The maximum atomic E-state index is 12.5. The van der Waals surface area contributed by atoms with Gasteiger partial charge in [-0.3, -0.25) is 4.79 Å². The van der Waals surface area contributed by atoms with E-state index in [2.05, 4.69) is 19.2 Å². The van der Waals surface area contributed by atoms with Crippen molar-refractivity contribution in [3.05, 3.63) is 17.5 Å². The highest BCUT2D eigenvalue weighted by Crippen LogP contribution is 2.26. The standard InChI is InChI=1S/C18H30N2O3S2/c1-3-5-7-15(4-2)14-19-18(21)16-9-11-20(12-10-16)25(22,23)17-8-6-13-24-17/h6,8,13,15-16H,3-5,7,9-12,14H2,1-2H3,(H,19,21)/t15-/m0/s1. The summed E-state index contributed by atoms with van der Waals surface area (Å²) in [6.45, 7) is 5.93. The quantitative estimate of drug-likeness (QED) is 0.706. The van der Waals surface area contributed by atoms with Crippen molar-refractivity contribution in [1.82, 2.24) is 9.62 Å². The number of unbranched alkanes of at least 4 members (excludes halogenated alkanes) is 1. The lowest BCUT2D eigenvalue weighted by Gasteiger charge is -2.30. The van der Waals surface area contributed by atoms with E-state index in [0.29, 0.717) is 36.1 Å². The minimum atomic E-state index is -3.39. The van der Waals surface area contributed by atoms with Gasteiger partial charge in [-0.2, -0.15) is 4.31 Å². The van der Waals surface area contributed by atoms with Crippen LogP contribution in [0.4, 0.5) is 0 Å². The zero-order chi connectivity index (χ0) is 18.3. The van der Waals surface area contributed by atoms with E-state index in [0.717, 1.165) is 19.4 Å². The van der Waals surface area contributed by atoms with Crippen LogP contribution in [-0.2, 0) is 14.8 Å². The van der Waals surface area contributed by atoms with Crippen molar-refractivity contribution >= 4 is 27.3 Å². The van der Waals surface area contributed by atoms with Crippen molar-refractivity contribution in [2.45, 2.75) is 56.6 Å². The third-order valence-corrected chi connectivity index (χ3v) is 8.29. The Balaban J connectivity index is 1.80. The monoisotopic (exact) mass is 386 g/mol. The molecule has 1 saturated heterocycles. The second-order valence-corrected chi connectivity index (χ2v) is 9.88. The highest BCUT2D eigenvalue weighted by molar-refractivity contribution is 7.91. The minimum Gasteiger partial charge on any atom is -0.356 e. The number of carbonyl (C=O) groups excluding carboxylic acids is 1. The SMILES string of the molecule is CCCC[C@H](CC)CNC(=O)C1CCN(S(=O)(=O)c2cccs2)CC1. The van der Waals surface area contributed by atoms with E-state index in [1.807, 2.05) is 0 Å². The fourth-order valence-electron chi connectivity index (χ4n) is 3.23. The lowest BCUT2D eigenvalue weighted by molar-refractivity contribution is -0.126. The molecule has 2 rings (SSSR count). The van der Waals surface area contributed by atoms with Gasteiger partial charge in [0, 0.05) is 25.6 Å². The van der Waals surface area contributed by atoms with Gasteiger partial charge < -0.3 is 5.32 Å². The van der Waals surface area contributed by atoms with Crippen molar-refractivity contribution in [3.8, 4) is 0 Å². The first kappa shape index (κ1) is 20.4. The summed E-state index contributed by atoms with van der Waals surface area (Å²) in [5.74, 6) is 0.560. The molecular formula is C18H30N2O3S2. The zero-order valence-electron chi connectivity index (χ0n) is 15.2. The molecule has 0 spiro atoms. The van der Waals surface area contributed by atoms with Crippen LogP contribution in [0, 0.1) is 11.8 Å². The largest absolute Gasteiger partial charge is 0.356 e. The third-order valence-electron chi connectivity index (χ3n) is 5.02. The number of carbonyl (C=O) groups is 1. The van der Waals surface area contributed by atoms with Crippen molar-refractivity contribution in [2.24, 2.45) is 11.8 Å². The Bertz CT molecular complexity index is 621. The molecule has 7 heteroatoms. The molecule has 25 heavy (non-hydrogen) atoms. The molecule has 0 saturated carbocycles. The maximum absolute atomic E-state index is 12.5. The summed E-state index contributed by atoms with van der Waals surface area (Å²) in [5, 5.41) is 4.86. The number of thiophene rings is 1. The van der Waals surface area contributed by atoms with Crippen LogP contribution in [0.25, 0.3) is 0 Å². The fraction of sp³-hybridized carbons (Fsp3) is 0.722. The number of nitrogens with one attached hydrogen (secondary N) is 1. The van der Waals surface area contributed by atoms with Gasteiger partial charge in [-0.15, -0.1) is 11.3 Å². The van der Waals surface area contributed by atoms with Gasteiger partial charge in [0.2, 0.25) is 5.91 Å². The van der Waals surface area contributed by atoms with Crippen LogP contribution >= 0.6 is 11.3 Å². The maximum Gasteiger partial charge on any atom is 0.252 e. The Morgan fingerprint density at radius 1 is 1.36 bits per heavy atom. The number of sulfonamides is 1. The van der Waals surface area contributed by atoms with Gasteiger partial charge in [-0.05, 0) is 36.6 Å². The average molecular weight is 387 g/mol. The van der Waals surface area contributed by atoms with Crippen LogP contribution in [0.5, 0.6) is 0 Å². The Morgan fingerprint density at radius 2 is 2.08 bits per heavy atom. The first-order valence-electron chi connectivity index (χ1n) is 9.30. The van der Waals surface area contributed by atoms with E-state index < -0.39 is 10.0 Å². The summed E-state index contributed by atoms with van der Waals surface area (Å²) in [6, 6.07) is 3.39. The Hall–Kier alpha value is -0.920. The van der Waals surface area contributed by atoms with Gasteiger partial charge in [-0.25, -0.2) is 8.42 Å². The van der Waals surface area contributed by atoms with Gasteiger partial charge in [-0.1, -0.05) is 39.2 Å². The van der Waals surface area contributed by atoms with Crippen LogP contribution in [0.2, 0.25) is 0 Å². The normalized spacial score (nSPS) is 18.2. The van der Waals surface area contributed by atoms with Crippen molar-refractivity contribution in [2.75, 3.05) is 19.6 Å². The third kappa shape index (κ3) is 5.53. The molecule has 1 atom stereocenters. The Morgan fingerprint density at radius 3 is 2.64 bits per heavy atom. The summed E-state index contributed by atoms with van der Waals surface area (Å²) in [4.78, 5) is 12.4. The summed E-state index contributed by atoms with van der Waals surface area (Å²) >= 11 is 1.24. The van der Waals surface area contributed by atoms with Gasteiger partial charge in [0.25, 0.3) is 10.0 Å². The first-order valence-corrected chi connectivity index (χ1v) is 11.6. The van der Waals surface area contributed by atoms with E-state index in [4.69, 9.17) is 0 Å². The van der Waals surface area contributed by atoms with Crippen LogP contribution in [0.1, 0.15) is 52.4 Å². The van der Waals surface area contributed by atoms with Gasteiger partial charge in [0.15, 0.2) is 0 Å². The van der Waals surface area contributed by atoms with Gasteiger partial charge in [0.1, 0.15) is 4.21 Å². The predicted molar refractivity (Wildman–Crippen MR) is 102 cm³/mol. The van der Waals surface area contributed by atoms with E-state index in [9.17, 15) is 13.2 Å². The summed E-state index contributed by atoms with van der Waals surface area (Å²) < 4.78 is 26.9. The number of rotatable bonds is 9. The van der Waals surface area contributed by atoms with E-state index >= 15 is 0 Å². The lowest BCUT2D eigenvalue weighted by Crippen LogP contribution is -2.43. The molecule has 142 valence electrons. The molecular weight excluding hydrogens is 356 g/mol. The molecule has 1 aliphatic rings. The molecule has 1 amide bonds. The Kier molecular flexibility index (Phi) is 7.90. The lowest BCUT2D eigenvalue weighted by atomic mass is 9.95. The van der Waals surface area contributed by atoms with Crippen molar-refractivity contribution in [1.29, 1.82) is 0 Å². The molecule has 1 aromatic rings. The molecule has 0 bridgehead atoms. The fourth-order valence-corrected chi connectivity index (χ4v) is 5.84. The molecule has 0 radical (unpaired) electrons. The number of nitrogens with zero attached hydrogens (tertiary/aromatic N) is 1. The van der Waals surface area contributed by atoms with Crippen LogP contribution in [0.15, 0.2) is 21.7 Å². The number of piperidine rings is 1. The molecule has 1 aromatic heterocycles. The van der Waals surface area contributed by atoms with Crippen molar-refractivity contribution < 1.29 is 13.2 Å². The van der Waals surface area contributed by atoms with Crippen LogP contribution < -0.4 is 5.32 Å². The highest BCUT2D eigenvalue weighted by Gasteiger charge is 2.32. The molecule has 0 unspecified atom stereocenters. The number of amides is 1. The molecule has 5 nitrogen and oxygen atoms in total. The van der Waals surface area contributed by atoms with E-state index in [1.165, 1.54) is 28.5 Å². The van der Waals surface area contributed by atoms with E-state index in [1.54, 1.807) is 17.5 Å². The molecule has 2 heterocycles. The summed E-state index contributed by atoms with van der Waals surface area (Å²) in [7, 11) is -3.39. The predicted octanol–water partition coefficient (Wildman–Crippen LogP) is 3.48. The smallest absolute Gasteiger partial charge is 0.252 e. The molecule has 1 aliphatic heterocycles. The molecule has 0 aromatic carbocycles. The van der Waals surface area contributed by atoms with Gasteiger partial charge in [0.05, 0.1) is 0 Å². The highest BCUT2D eigenvalue weighted by atomic mass is 32.2. The average Bonchev–Trinajstić information content (AvgIpc) is 3.17. The van der Waals surface area contributed by atoms with Crippen LogP contribution in [-0.4, -0.2) is 38.3 Å². The second-order valence-electron chi connectivity index (χ2n) is 6.77. The zero-order valence-corrected chi connectivity index (χ0v) is 16.9.